The molecule has 16 heavy (non-hydrogen) atoms. The van der Waals surface area contributed by atoms with Crippen LogP contribution in [0.2, 0.25) is 0 Å². The van der Waals surface area contributed by atoms with E-state index in [4.69, 9.17) is 10.2 Å². The number of aliphatic hydroxyl groups excluding tert-OH is 2. The fourth-order valence-electron chi connectivity index (χ4n) is 1.51. The SMILES string of the molecule is Cc1ccc(Br)cc1CCNC(CO)CO. The summed E-state index contributed by atoms with van der Waals surface area (Å²) in [4.78, 5) is 0. The van der Waals surface area contributed by atoms with E-state index in [-0.39, 0.29) is 19.3 Å². The van der Waals surface area contributed by atoms with E-state index in [1.54, 1.807) is 0 Å². The van der Waals surface area contributed by atoms with Crippen molar-refractivity contribution in [3.05, 3.63) is 33.8 Å². The molecule has 0 aliphatic carbocycles. The summed E-state index contributed by atoms with van der Waals surface area (Å²) in [6.45, 7) is 2.77. The van der Waals surface area contributed by atoms with Crippen LogP contribution in [0.1, 0.15) is 11.1 Å². The molecule has 0 saturated heterocycles. The Kier molecular flexibility index (Phi) is 5.98. The maximum atomic E-state index is 8.89. The molecule has 0 bridgehead atoms. The second-order valence-electron chi connectivity index (χ2n) is 3.84. The Labute approximate surface area is 105 Å². The quantitative estimate of drug-likeness (QED) is 0.738. The molecule has 0 atom stereocenters. The molecule has 0 saturated carbocycles. The van der Waals surface area contributed by atoms with Crippen LogP contribution in [0.3, 0.4) is 0 Å². The molecule has 1 aromatic carbocycles. The first kappa shape index (κ1) is 13.6. The Morgan fingerprint density at radius 1 is 1.31 bits per heavy atom. The van der Waals surface area contributed by atoms with Crippen molar-refractivity contribution in [2.24, 2.45) is 0 Å². The van der Waals surface area contributed by atoms with Gasteiger partial charge in [-0.2, -0.15) is 0 Å². The third-order valence-corrected chi connectivity index (χ3v) is 3.07. The van der Waals surface area contributed by atoms with Crippen molar-refractivity contribution in [1.82, 2.24) is 5.32 Å². The Balaban J connectivity index is 2.45. The highest BCUT2D eigenvalue weighted by atomic mass is 79.9. The standard InChI is InChI=1S/C12H18BrNO2/c1-9-2-3-11(13)6-10(9)4-5-14-12(7-15)8-16/h2-3,6,12,14-16H,4-5,7-8H2,1H3. The summed E-state index contributed by atoms with van der Waals surface area (Å²) >= 11 is 3.44. The molecule has 0 unspecified atom stereocenters. The van der Waals surface area contributed by atoms with Crippen LogP contribution in [-0.4, -0.2) is 36.0 Å². The lowest BCUT2D eigenvalue weighted by atomic mass is 10.1. The number of aliphatic hydroxyl groups is 2. The van der Waals surface area contributed by atoms with Crippen LogP contribution in [-0.2, 0) is 6.42 Å². The Morgan fingerprint density at radius 3 is 2.62 bits per heavy atom. The molecule has 1 rings (SSSR count). The van der Waals surface area contributed by atoms with E-state index >= 15 is 0 Å². The van der Waals surface area contributed by atoms with Crippen LogP contribution in [0, 0.1) is 6.92 Å². The Hall–Kier alpha value is -0.420. The predicted molar refractivity (Wildman–Crippen MR) is 68.5 cm³/mol. The van der Waals surface area contributed by atoms with Gasteiger partial charge in [-0.15, -0.1) is 0 Å². The van der Waals surface area contributed by atoms with Crippen LogP contribution in [0.15, 0.2) is 22.7 Å². The molecule has 0 amide bonds. The van der Waals surface area contributed by atoms with Gasteiger partial charge in [0.2, 0.25) is 0 Å². The summed E-state index contributed by atoms with van der Waals surface area (Å²) < 4.78 is 1.08. The first-order valence-electron chi connectivity index (χ1n) is 5.37. The predicted octanol–water partition coefficient (Wildman–Crippen LogP) is 1.24. The monoisotopic (exact) mass is 287 g/mol. The third kappa shape index (κ3) is 4.22. The third-order valence-electron chi connectivity index (χ3n) is 2.58. The lowest BCUT2D eigenvalue weighted by Crippen LogP contribution is -2.37. The van der Waals surface area contributed by atoms with Crippen molar-refractivity contribution < 1.29 is 10.2 Å². The van der Waals surface area contributed by atoms with Gasteiger partial charge in [0.05, 0.1) is 19.3 Å². The van der Waals surface area contributed by atoms with Crippen LogP contribution in [0.5, 0.6) is 0 Å². The zero-order chi connectivity index (χ0) is 12.0. The van der Waals surface area contributed by atoms with Crippen molar-refractivity contribution in [3.63, 3.8) is 0 Å². The first-order valence-corrected chi connectivity index (χ1v) is 6.16. The van der Waals surface area contributed by atoms with Gasteiger partial charge in [-0.3, -0.25) is 0 Å². The van der Waals surface area contributed by atoms with Gasteiger partial charge in [0.25, 0.3) is 0 Å². The van der Waals surface area contributed by atoms with Gasteiger partial charge < -0.3 is 15.5 Å². The van der Waals surface area contributed by atoms with Gasteiger partial charge in [-0.05, 0) is 43.1 Å². The van der Waals surface area contributed by atoms with Crippen LogP contribution in [0.25, 0.3) is 0 Å². The second kappa shape index (κ2) is 7.01. The molecular formula is C12H18BrNO2. The maximum Gasteiger partial charge on any atom is 0.0607 e. The summed E-state index contributed by atoms with van der Waals surface area (Å²) in [7, 11) is 0. The number of halogens is 1. The maximum absolute atomic E-state index is 8.89. The molecule has 0 fully saturated rings. The fourth-order valence-corrected chi connectivity index (χ4v) is 1.92. The molecule has 0 radical (unpaired) electrons. The molecule has 1 aromatic rings. The number of benzene rings is 1. The molecule has 0 aromatic heterocycles. The van der Waals surface area contributed by atoms with E-state index in [1.165, 1.54) is 11.1 Å². The summed E-state index contributed by atoms with van der Waals surface area (Å²) in [5.74, 6) is 0. The number of nitrogens with one attached hydrogen (secondary N) is 1. The minimum absolute atomic E-state index is 0.0338. The van der Waals surface area contributed by atoms with Crippen molar-refractivity contribution in [3.8, 4) is 0 Å². The second-order valence-corrected chi connectivity index (χ2v) is 4.75. The molecule has 0 heterocycles. The first-order chi connectivity index (χ1) is 7.67. The number of hydrogen-bond donors (Lipinski definition) is 3. The molecule has 3 N–H and O–H groups in total. The Morgan fingerprint density at radius 2 is 2.00 bits per heavy atom. The molecule has 4 heteroatoms. The normalized spacial score (nSPS) is 11.1. The molecule has 0 aliphatic rings. The van der Waals surface area contributed by atoms with E-state index in [0.29, 0.717) is 0 Å². The highest BCUT2D eigenvalue weighted by molar-refractivity contribution is 9.10. The van der Waals surface area contributed by atoms with Crippen molar-refractivity contribution in [2.45, 2.75) is 19.4 Å². The van der Waals surface area contributed by atoms with Crippen LogP contribution >= 0.6 is 15.9 Å². The number of rotatable bonds is 6. The average molecular weight is 288 g/mol. The summed E-state index contributed by atoms with van der Waals surface area (Å²) in [5.41, 5.74) is 2.53. The summed E-state index contributed by atoms with van der Waals surface area (Å²) in [6, 6.07) is 5.99. The van der Waals surface area contributed by atoms with Gasteiger partial charge in [0.15, 0.2) is 0 Å². The van der Waals surface area contributed by atoms with Crippen molar-refractivity contribution in [2.75, 3.05) is 19.8 Å². The number of hydrogen-bond acceptors (Lipinski definition) is 3. The van der Waals surface area contributed by atoms with Crippen molar-refractivity contribution >= 4 is 15.9 Å². The Bertz CT molecular complexity index is 327. The van der Waals surface area contributed by atoms with E-state index in [0.717, 1.165) is 17.4 Å². The minimum atomic E-state index is -0.215. The summed E-state index contributed by atoms with van der Waals surface area (Å²) in [6.07, 6.45) is 0.891. The van der Waals surface area contributed by atoms with E-state index in [9.17, 15) is 0 Å². The van der Waals surface area contributed by atoms with Gasteiger partial charge in [0.1, 0.15) is 0 Å². The van der Waals surface area contributed by atoms with E-state index in [2.05, 4.69) is 40.3 Å². The highest BCUT2D eigenvalue weighted by Gasteiger charge is 2.05. The number of aryl methyl sites for hydroxylation is 1. The molecule has 3 nitrogen and oxygen atoms in total. The molecule has 0 spiro atoms. The van der Waals surface area contributed by atoms with Crippen molar-refractivity contribution in [1.29, 1.82) is 0 Å². The topological polar surface area (TPSA) is 52.5 Å². The minimum Gasteiger partial charge on any atom is -0.395 e. The zero-order valence-electron chi connectivity index (χ0n) is 9.41. The molecular weight excluding hydrogens is 270 g/mol. The zero-order valence-corrected chi connectivity index (χ0v) is 11.0. The highest BCUT2D eigenvalue weighted by Crippen LogP contribution is 2.16. The van der Waals surface area contributed by atoms with Crippen LogP contribution < -0.4 is 5.32 Å². The smallest absolute Gasteiger partial charge is 0.0607 e. The largest absolute Gasteiger partial charge is 0.395 e. The van der Waals surface area contributed by atoms with E-state index in [1.807, 2.05) is 6.07 Å². The van der Waals surface area contributed by atoms with Gasteiger partial charge >= 0.3 is 0 Å². The van der Waals surface area contributed by atoms with Gasteiger partial charge in [-0.25, -0.2) is 0 Å². The van der Waals surface area contributed by atoms with E-state index < -0.39 is 0 Å². The molecule has 0 aliphatic heterocycles. The summed E-state index contributed by atoms with van der Waals surface area (Å²) in [5, 5.41) is 20.9. The fraction of sp³-hybridized carbons (Fsp3) is 0.500. The average Bonchev–Trinajstić information content (AvgIpc) is 2.29. The lowest BCUT2D eigenvalue weighted by molar-refractivity contribution is 0.171. The molecule has 90 valence electrons. The van der Waals surface area contributed by atoms with Gasteiger partial charge in [0, 0.05) is 4.47 Å². The lowest BCUT2D eigenvalue weighted by Gasteiger charge is -2.13. The van der Waals surface area contributed by atoms with Crippen LogP contribution in [0.4, 0.5) is 0 Å². The van der Waals surface area contributed by atoms with Gasteiger partial charge in [-0.1, -0.05) is 22.0 Å².